The first kappa shape index (κ1) is 23.7. The second kappa shape index (κ2) is 15.7. The van der Waals surface area contributed by atoms with Gasteiger partial charge in [0.2, 0.25) is 5.91 Å². The number of hydrogen-bond donors (Lipinski definition) is 2. The molecule has 0 aromatic rings. The van der Waals surface area contributed by atoms with E-state index in [1.165, 1.54) is 70.6 Å². The van der Waals surface area contributed by atoms with Gasteiger partial charge in [-0.2, -0.15) is 5.48 Å². The third-order valence-corrected chi connectivity index (χ3v) is 5.34. The van der Waals surface area contributed by atoms with Crippen molar-refractivity contribution in [2.24, 2.45) is 5.92 Å². The second-order valence-corrected chi connectivity index (χ2v) is 7.68. The molecule has 27 heavy (non-hydrogen) atoms. The Bertz CT molecular complexity index is 404. The summed E-state index contributed by atoms with van der Waals surface area (Å²) in [6.45, 7) is 4.04. The van der Waals surface area contributed by atoms with Crippen LogP contribution < -0.4 is 10.8 Å². The molecular weight excluding hydrogens is 342 g/mol. The third-order valence-electron chi connectivity index (χ3n) is 5.34. The topological polar surface area (TPSA) is 70.7 Å². The fraction of sp³-hybridized carbons (Fsp3) is 0.905. The first-order valence-corrected chi connectivity index (χ1v) is 11.1. The lowest BCUT2D eigenvalue weighted by Crippen LogP contribution is -2.36. The number of nitrogens with one attached hydrogen (secondary N) is 2. The molecule has 0 radical (unpaired) electrons. The quantitative estimate of drug-likeness (QED) is 0.325. The summed E-state index contributed by atoms with van der Waals surface area (Å²) in [6, 6.07) is 0. The zero-order valence-electron chi connectivity index (χ0n) is 17.6. The van der Waals surface area contributed by atoms with Gasteiger partial charge in [-0.3, -0.25) is 4.79 Å². The summed E-state index contributed by atoms with van der Waals surface area (Å²) in [5, 5.41) is 3.02. The van der Waals surface area contributed by atoms with Crippen molar-refractivity contribution in [3.05, 3.63) is 0 Å². The van der Waals surface area contributed by atoms with E-state index in [1.54, 1.807) is 11.9 Å². The molecule has 1 unspecified atom stereocenters. The number of carbonyl (C=O) groups excluding carboxylic acids is 2. The highest BCUT2D eigenvalue weighted by Crippen LogP contribution is 2.17. The number of hydroxylamine groups is 1. The zero-order chi connectivity index (χ0) is 19.7. The van der Waals surface area contributed by atoms with E-state index < -0.39 is 6.09 Å². The molecule has 2 amide bonds. The van der Waals surface area contributed by atoms with Crippen molar-refractivity contribution >= 4 is 12.0 Å². The Morgan fingerprint density at radius 2 is 1.48 bits per heavy atom. The summed E-state index contributed by atoms with van der Waals surface area (Å²) < 4.78 is 0. The molecule has 6 nitrogen and oxygen atoms in total. The van der Waals surface area contributed by atoms with Crippen molar-refractivity contribution in [1.82, 2.24) is 15.7 Å². The van der Waals surface area contributed by atoms with Crippen molar-refractivity contribution in [2.75, 3.05) is 26.7 Å². The molecule has 1 rings (SSSR count). The van der Waals surface area contributed by atoms with E-state index in [0.29, 0.717) is 19.5 Å². The number of rotatable bonds is 15. The minimum atomic E-state index is -0.409. The van der Waals surface area contributed by atoms with Gasteiger partial charge in [0, 0.05) is 26.7 Å². The number of likely N-dealkylation sites (tertiary alicyclic amines) is 1. The molecule has 6 heteroatoms. The minimum Gasteiger partial charge on any atom is -0.356 e. The highest BCUT2D eigenvalue weighted by molar-refractivity contribution is 5.80. The van der Waals surface area contributed by atoms with Gasteiger partial charge >= 0.3 is 6.09 Å². The van der Waals surface area contributed by atoms with E-state index in [2.05, 4.69) is 17.7 Å². The molecule has 2 N–H and O–H groups in total. The van der Waals surface area contributed by atoms with Gasteiger partial charge in [0.25, 0.3) is 0 Å². The van der Waals surface area contributed by atoms with Crippen LogP contribution >= 0.6 is 0 Å². The maximum Gasteiger partial charge on any atom is 0.428 e. The molecule has 158 valence electrons. The Morgan fingerprint density at radius 3 is 2.04 bits per heavy atom. The lowest BCUT2D eigenvalue weighted by atomic mass is 10.1. The van der Waals surface area contributed by atoms with E-state index in [9.17, 15) is 9.59 Å². The molecule has 1 heterocycles. The predicted octanol–water partition coefficient (Wildman–Crippen LogP) is 4.40. The van der Waals surface area contributed by atoms with Crippen molar-refractivity contribution < 1.29 is 14.4 Å². The molecule has 0 bridgehead atoms. The minimum absolute atomic E-state index is 0.0674. The standard InChI is InChI=1S/C21H41N3O3/c1-3-4-5-6-7-8-9-10-11-12-13-14-16-23-20(25)19-15-17-24(18-19)21(26)27-22-2/h19,22H,3-18H2,1-2H3,(H,23,25). The van der Waals surface area contributed by atoms with Gasteiger partial charge in [-0.15, -0.1) is 0 Å². The smallest absolute Gasteiger partial charge is 0.356 e. The van der Waals surface area contributed by atoms with Gasteiger partial charge in [-0.25, -0.2) is 4.79 Å². The number of hydrogen-bond acceptors (Lipinski definition) is 4. The monoisotopic (exact) mass is 383 g/mol. The van der Waals surface area contributed by atoms with E-state index in [0.717, 1.165) is 13.0 Å². The highest BCUT2D eigenvalue weighted by atomic mass is 16.7. The van der Waals surface area contributed by atoms with E-state index in [1.807, 2.05) is 0 Å². The Morgan fingerprint density at radius 1 is 0.926 bits per heavy atom. The summed E-state index contributed by atoms with van der Waals surface area (Å²) in [7, 11) is 1.55. The van der Waals surface area contributed by atoms with Crippen LogP contribution in [0.4, 0.5) is 4.79 Å². The summed E-state index contributed by atoms with van der Waals surface area (Å²) in [5.41, 5.74) is 2.38. The average Bonchev–Trinajstić information content (AvgIpc) is 3.16. The van der Waals surface area contributed by atoms with Crippen LogP contribution in [0.3, 0.4) is 0 Å². The molecule has 0 saturated carbocycles. The zero-order valence-corrected chi connectivity index (χ0v) is 17.6. The maximum atomic E-state index is 12.2. The van der Waals surface area contributed by atoms with E-state index >= 15 is 0 Å². The molecule has 1 atom stereocenters. The largest absolute Gasteiger partial charge is 0.428 e. The summed E-state index contributed by atoms with van der Waals surface area (Å²) >= 11 is 0. The normalized spacial score (nSPS) is 16.5. The lowest BCUT2D eigenvalue weighted by Gasteiger charge is -2.15. The summed E-state index contributed by atoms with van der Waals surface area (Å²) in [6.07, 6.45) is 16.1. The molecule has 1 fully saturated rings. The molecule has 1 aliphatic heterocycles. The maximum absolute atomic E-state index is 12.2. The Balaban J connectivity index is 1.89. The Kier molecular flexibility index (Phi) is 13.8. The molecule has 0 aromatic heterocycles. The SMILES string of the molecule is CCCCCCCCCCCCCCNC(=O)C1CCN(C(=O)ONC)C1. The van der Waals surface area contributed by atoms with Crippen LogP contribution in [0.1, 0.15) is 90.4 Å². The van der Waals surface area contributed by atoms with Gasteiger partial charge in [-0.1, -0.05) is 77.6 Å². The van der Waals surface area contributed by atoms with Crippen LogP contribution in [0.25, 0.3) is 0 Å². The molecule has 0 spiro atoms. The van der Waals surface area contributed by atoms with Crippen molar-refractivity contribution in [3.8, 4) is 0 Å². The van der Waals surface area contributed by atoms with Gasteiger partial charge in [0.05, 0.1) is 5.92 Å². The van der Waals surface area contributed by atoms with Gasteiger partial charge in [0.15, 0.2) is 0 Å². The lowest BCUT2D eigenvalue weighted by molar-refractivity contribution is -0.124. The van der Waals surface area contributed by atoms with Gasteiger partial charge in [0.1, 0.15) is 0 Å². The fourth-order valence-corrected chi connectivity index (χ4v) is 3.61. The molecule has 1 aliphatic rings. The third kappa shape index (κ3) is 11.2. The van der Waals surface area contributed by atoms with Crippen molar-refractivity contribution in [1.29, 1.82) is 0 Å². The molecule has 0 aromatic carbocycles. The van der Waals surface area contributed by atoms with Gasteiger partial charge in [-0.05, 0) is 12.8 Å². The Labute approximate surface area is 165 Å². The van der Waals surface area contributed by atoms with Crippen molar-refractivity contribution in [2.45, 2.75) is 90.4 Å². The van der Waals surface area contributed by atoms with Gasteiger partial charge < -0.3 is 15.1 Å². The predicted molar refractivity (Wildman–Crippen MR) is 109 cm³/mol. The van der Waals surface area contributed by atoms with Crippen molar-refractivity contribution in [3.63, 3.8) is 0 Å². The first-order chi connectivity index (χ1) is 13.2. The number of amides is 2. The van der Waals surface area contributed by atoms with Crippen LogP contribution in [-0.2, 0) is 9.63 Å². The highest BCUT2D eigenvalue weighted by Gasteiger charge is 2.31. The molecule has 1 saturated heterocycles. The van der Waals surface area contributed by atoms with Crippen LogP contribution in [0.2, 0.25) is 0 Å². The van der Waals surface area contributed by atoms with E-state index in [-0.39, 0.29) is 11.8 Å². The second-order valence-electron chi connectivity index (χ2n) is 7.68. The summed E-state index contributed by atoms with van der Waals surface area (Å²) in [5.74, 6) is -0.0374. The fourth-order valence-electron chi connectivity index (χ4n) is 3.61. The van der Waals surface area contributed by atoms with Crippen LogP contribution in [0, 0.1) is 5.92 Å². The number of carbonyl (C=O) groups is 2. The summed E-state index contributed by atoms with van der Waals surface area (Å²) in [4.78, 5) is 30.1. The van der Waals surface area contributed by atoms with Crippen LogP contribution in [-0.4, -0.2) is 43.6 Å². The molecular formula is C21H41N3O3. The molecule has 0 aliphatic carbocycles. The Hall–Kier alpha value is -1.30. The van der Waals surface area contributed by atoms with Crippen LogP contribution in [0.5, 0.6) is 0 Å². The number of nitrogens with zero attached hydrogens (tertiary/aromatic N) is 1. The number of unbranched alkanes of at least 4 members (excludes halogenated alkanes) is 11. The van der Waals surface area contributed by atoms with E-state index in [4.69, 9.17) is 4.84 Å². The van der Waals surface area contributed by atoms with Crippen LogP contribution in [0.15, 0.2) is 0 Å². The average molecular weight is 384 g/mol. The first-order valence-electron chi connectivity index (χ1n) is 11.1.